The molecule has 2 aromatic heterocycles. The summed E-state index contributed by atoms with van der Waals surface area (Å²) in [6, 6.07) is 38.0. The summed E-state index contributed by atoms with van der Waals surface area (Å²) in [6.45, 7) is 0. The van der Waals surface area contributed by atoms with Gasteiger partial charge in [0.1, 0.15) is 11.2 Å². The van der Waals surface area contributed by atoms with Crippen molar-refractivity contribution in [3.05, 3.63) is 152 Å². The third kappa shape index (κ3) is 4.35. The van der Waals surface area contributed by atoms with Crippen LogP contribution in [0.4, 0.5) is 0 Å². The summed E-state index contributed by atoms with van der Waals surface area (Å²) in [5.74, 6) is 0.568. The molecule has 45 heavy (non-hydrogen) atoms. The first-order valence-electron chi connectivity index (χ1n) is 17.1. The molecule has 210 valence electrons. The van der Waals surface area contributed by atoms with Gasteiger partial charge in [0, 0.05) is 27.5 Å². The average molecular weight is 581 g/mol. The summed E-state index contributed by atoms with van der Waals surface area (Å²) in [7, 11) is 0. The van der Waals surface area contributed by atoms with Crippen molar-refractivity contribution in [1.29, 1.82) is 0 Å². The molecular weight excluding hydrogens is 550 g/mol. The van der Waals surface area contributed by atoms with Crippen LogP contribution in [-0.2, 0) is 0 Å². The van der Waals surface area contributed by atoms with Gasteiger partial charge in [0.25, 0.3) is 0 Å². The van der Waals surface area contributed by atoms with Gasteiger partial charge in [0.05, 0.1) is 6.85 Å². The Hall–Kier alpha value is -6.13. The Labute approximate surface area is 266 Å². The topological polar surface area (TPSA) is 51.8 Å². The molecule has 0 aliphatic carbocycles. The van der Waals surface area contributed by atoms with Gasteiger partial charge in [-0.3, -0.25) is 0 Å². The molecule has 0 aliphatic heterocycles. The van der Waals surface area contributed by atoms with Gasteiger partial charge < -0.3 is 4.42 Å². The van der Waals surface area contributed by atoms with E-state index in [-0.39, 0.29) is 29.3 Å². The number of aromatic nitrogens is 3. The van der Waals surface area contributed by atoms with E-state index in [0.717, 1.165) is 49.0 Å². The molecular formula is C41H25N3O. The number of hydrogen-bond donors (Lipinski definition) is 0. The number of nitrogens with zero attached hydrogens (tertiary/aromatic N) is 3. The van der Waals surface area contributed by atoms with Crippen LogP contribution in [0.3, 0.4) is 0 Å². The molecule has 0 amide bonds. The average Bonchev–Trinajstić information content (AvgIpc) is 3.51. The van der Waals surface area contributed by atoms with E-state index in [1.807, 2.05) is 84.9 Å². The van der Waals surface area contributed by atoms with Crippen LogP contribution >= 0.6 is 0 Å². The highest BCUT2D eigenvalue weighted by atomic mass is 16.3. The maximum Gasteiger partial charge on any atom is 0.164 e. The molecule has 4 heteroatoms. The van der Waals surface area contributed by atoms with Crippen molar-refractivity contribution in [3.8, 4) is 45.3 Å². The fraction of sp³-hybridized carbons (Fsp3) is 0. The smallest absolute Gasteiger partial charge is 0.164 e. The summed E-state index contributed by atoms with van der Waals surface area (Å²) in [4.78, 5) is 14.5. The second-order valence-electron chi connectivity index (χ2n) is 10.9. The van der Waals surface area contributed by atoms with Crippen LogP contribution in [0.1, 0.15) is 6.85 Å². The van der Waals surface area contributed by atoms with Crippen molar-refractivity contribution in [3.63, 3.8) is 0 Å². The Bertz CT molecular complexity index is 2810. The van der Waals surface area contributed by atoms with Crippen LogP contribution in [0.15, 0.2) is 156 Å². The fourth-order valence-electron chi connectivity index (χ4n) is 6.06. The van der Waals surface area contributed by atoms with E-state index >= 15 is 0 Å². The SMILES string of the molecule is [2H]c1c([2H])c([2H])c(-c2nc(-c3ccc4c(c3)oc3cc5ccccc5cc34)nc(-c3ccc(-c4ccccc4)c4ccccc34)n2)c([2H])c1[2H]. The van der Waals surface area contributed by atoms with Crippen LogP contribution in [0.2, 0.25) is 0 Å². The van der Waals surface area contributed by atoms with Gasteiger partial charge in [-0.05, 0) is 63.0 Å². The summed E-state index contributed by atoms with van der Waals surface area (Å²) in [6.07, 6.45) is 0. The summed E-state index contributed by atoms with van der Waals surface area (Å²) < 4.78 is 48.6. The number of rotatable bonds is 4. The largest absolute Gasteiger partial charge is 0.456 e. The molecule has 0 saturated carbocycles. The lowest BCUT2D eigenvalue weighted by Crippen LogP contribution is -2.00. The minimum absolute atomic E-state index is 0.0193. The number of furan rings is 1. The Balaban J connectivity index is 1.29. The molecule has 0 radical (unpaired) electrons. The van der Waals surface area contributed by atoms with Crippen molar-refractivity contribution < 1.29 is 11.3 Å². The molecule has 9 rings (SSSR count). The lowest BCUT2D eigenvalue weighted by Gasteiger charge is -2.13. The molecule has 7 aromatic carbocycles. The number of benzene rings is 7. The molecule has 0 aliphatic rings. The Kier molecular flexibility index (Phi) is 4.72. The zero-order chi connectivity index (χ0) is 34.1. The summed E-state index contributed by atoms with van der Waals surface area (Å²) >= 11 is 0. The lowest BCUT2D eigenvalue weighted by atomic mass is 9.94. The molecule has 0 spiro atoms. The van der Waals surface area contributed by atoms with Crippen LogP contribution in [0.5, 0.6) is 0 Å². The molecule has 2 heterocycles. The predicted molar refractivity (Wildman–Crippen MR) is 184 cm³/mol. The zero-order valence-electron chi connectivity index (χ0n) is 28.8. The van der Waals surface area contributed by atoms with E-state index in [1.54, 1.807) is 0 Å². The zero-order valence-corrected chi connectivity index (χ0v) is 23.8. The van der Waals surface area contributed by atoms with Crippen molar-refractivity contribution >= 4 is 43.5 Å². The summed E-state index contributed by atoms with van der Waals surface area (Å²) in [5.41, 5.74) is 4.78. The van der Waals surface area contributed by atoms with E-state index in [2.05, 4.69) is 36.4 Å². The second-order valence-corrected chi connectivity index (χ2v) is 10.9. The minimum atomic E-state index is -0.483. The molecule has 9 aromatic rings. The normalized spacial score (nSPS) is 13.1. The number of hydrogen-bond acceptors (Lipinski definition) is 4. The monoisotopic (exact) mass is 580 g/mol. The van der Waals surface area contributed by atoms with E-state index < -0.39 is 18.1 Å². The highest BCUT2D eigenvalue weighted by Crippen LogP contribution is 2.37. The molecule has 4 nitrogen and oxygen atoms in total. The summed E-state index contributed by atoms with van der Waals surface area (Å²) in [5, 5.41) is 6.03. The fourth-order valence-corrected chi connectivity index (χ4v) is 6.06. The first-order chi connectivity index (χ1) is 24.4. The Morgan fingerprint density at radius 3 is 1.84 bits per heavy atom. The molecule has 0 fully saturated rings. The van der Waals surface area contributed by atoms with E-state index in [0.29, 0.717) is 22.5 Å². The van der Waals surface area contributed by atoms with Gasteiger partial charge in [-0.2, -0.15) is 0 Å². The molecule has 0 unspecified atom stereocenters. The maximum atomic E-state index is 8.72. The van der Waals surface area contributed by atoms with Crippen LogP contribution in [-0.4, -0.2) is 15.0 Å². The maximum absolute atomic E-state index is 8.72. The van der Waals surface area contributed by atoms with Gasteiger partial charge in [0.15, 0.2) is 17.5 Å². The van der Waals surface area contributed by atoms with Crippen molar-refractivity contribution in [2.75, 3.05) is 0 Å². The predicted octanol–water partition coefficient (Wildman–Crippen LogP) is 10.7. The first-order valence-corrected chi connectivity index (χ1v) is 14.6. The molecule has 0 N–H and O–H groups in total. The van der Waals surface area contributed by atoms with Crippen molar-refractivity contribution in [1.82, 2.24) is 15.0 Å². The third-order valence-electron chi connectivity index (χ3n) is 8.21. The van der Waals surface area contributed by atoms with Gasteiger partial charge in [-0.15, -0.1) is 0 Å². The van der Waals surface area contributed by atoms with Gasteiger partial charge in [-0.1, -0.05) is 121 Å². The van der Waals surface area contributed by atoms with E-state index in [1.165, 1.54) is 0 Å². The van der Waals surface area contributed by atoms with E-state index in [9.17, 15) is 0 Å². The lowest BCUT2D eigenvalue weighted by molar-refractivity contribution is 0.669. The van der Waals surface area contributed by atoms with Gasteiger partial charge in [-0.25, -0.2) is 15.0 Å². The standard InChI is InChI=1S/C41H25N3O/c1-3-11-26(12-4-1)31-21-22-35(33-18-10-9-17-32(31)33)41-43-39(27-13-5-2-6-14-27)42-40(44-41)30-19-20-34-36-23-28-15-7-8-16-29(28)24-38(36)45-37(34)25-30/h1-25H/i2D,5D,6D,13D,14D. The van der Waals surface area contributed by atoms with Gasteiger partial charge in [0.2, 0.25) is 0 Å². The van der Waals surface area contributed by atoms with Gasteiger partial charge >= 0.3 is 0 Å². The molecule has 0 saturated heterocycles. The Morgan fingerprint density at radius 2 is 1.04 bits per heavy atom. The molecule has 0 atom stereocenters. The van der Waals surface area contributed by atoms with Crippen molar-refractivity contribution in [2.45, 2.75) is 0 Å². The highest BCUT2D eigenvalue weighted by molar-refractivity contribution is 6.10. The third-order valence-corrected chi connectivity index (χ3v) is 8.21. The van der Waals surface area contributed by atoms with Crippen LogP contribution in [0.25, 0.3) is 88.8 Å². The Morgan fingerprint density at radius 1 is 0.422 bits per heavy atom. The van der Waals surface area contributed by atoms with Crippen LogP contribution < -0.4 is 0 Å². The number of fused-ring (bicyclic) bond motifs is 5. The van der Waals surface area contributed by atoms with Crippen molar-refractivity contribution in [2.24, 2.45) is 0 Å². The van der Waals surface area contributed by atoms with Crippen LogP contribution in [0, 0.1) is 0 Å². The first kappa shape index (κ1) is 20.7. The second kappa shape index (κ2) is 10.2. The molecule has 0 bridgehead atoms. The minimum Gasteiger partial charge on any atom is -0.456 e. The van der Waals surface area contributed by atoms with E-state index in [4.69, 9.17) is 26.2 Å². The quantitative estimate of drug-likeness (QED) is 0.208. The highest BCUT2D eigenvalue weighted by Gasteiger charge is 2.17.